The molecule has 0 saturated carbocycles. The number of benzene rings is 1. The highest BCUT2D eigenvalue weighted by Gasteiger charge is 2.18. The van der Waals surface area contributed by atoms with E-state index in [1.807, 2.05) is 6.07 Å². The first-order valence-electron chi connectivity index (χ1n) is 6.46. The van der Waals surface area contributed by atoms with Crippen molar-refractivity contribution in [3.05, 3.63) is 70.5 Å². The number of hydrogen-bond acceptors (Lipinski definition) is 4. The zero-order valence-corrected chi connectivity index (χ0v) is 11.4. The molecule has 106 valence electrons. The molecule has 0 unspecified atom stereocenters. The fourth-order valence-corrected chi connectivity index (χ4v) is 2.12. The molecule has 0 N–H and O–H groups in total. The van der Waals surface area contributed by atoms with Gasteiger partial charge in [-0.25, -0.2) is 4.79 Å². The predicted octanol–water partition coefficient (Wildman–Crippen LogP) is 2.66. The van der Waals surface area contributed by atoms with Gasteiger partial charge in [0.15, 0.2) is 0 Å². The molecule has 0 aliphatic rings. The Labute approximate surface area is 120 Å². The summed E-state index contributed by atoms with van der Waals surface area (Å²) in [5.74, 6) is 0.252. The summed E-state index contributed by atoms with van der Waals surface area (Å²) in [7, 11) is 1.61. The Bertz CT molecular complexity index is 833. The number of carbonyl (C=O) groups is 1. The Hall–Kier alpha value is -2.82. The first kappa shape index (κ1) is 13.2. The van der Waals surface area contributed by atoms with E-state index in [9.17, 15) is 9.59 Å². The highest BCUT2D eigenvalue weighted by Crippen LogP contribution is 2.14. The van der Waals surface area contributed by atoms with Crippen molar-refractivity contribution in [1.29, 1.82) is 0 Å². The Morgan fingerprint density at radius 3 is 2.76 bits per heavy atom. The van der Waals surface area contributed by atoms with Crippen LogP contribution in [0.1, 0.15) is 16.1 Å². The Morgan fingerprint density at radius 1 is 1.19 bits per heavy atom. The van der Waals surface area contributed by atoms with Crippen LogP contribution in [0.2, 0.25) is 0 Å². The lowest BCUT2D eigenvalue weighted by Gasteiger charge is -2.15. The summed E-state index contributed by atoms with van der Waals surface area (Å²) in [5, 5.41) is 0.715. The van der Waals surface area contributed by atoms with Crippen molar-refractivity contribution in [2.75, 3.05) is 7.05 Å². The predicted molar refractivity (Wildman–Crippen MR) is 77.0 cm³/mol. The van der Waals surface area contributed by atoms with Gasteiger partial charge in [-0.1, -0.05) is 18.2 Å². The van der Waals surface area contributed by atoms with E-state index in [1.165, 1.54) is 11.2 Å². The van der Waals surface area contributed by atoms with Gasteiger partial charge in [-0.2, -0.15) is 0 Å². The average Bonchev–Trinajstić information content (AvgIpc) is 2.98. The van der Waals surface area contributed by atoms with Crippen molar-refractivity contribution >= 4 is 16.9 Å². The average molecular weight is 283 g/mol. The summed E-state index contributed by atoms with van der Waals surface area (Å²) in [6, 6.07) is 12.2. The van der Waals surface area contributed by atoms with Crippen LogP contribution in [0.15, 0.2) is 62.4 Å². The van der Waals surface area contributed by atoms with Crippen molar-refractivity contribution in [2.45, 2.75) is 6.54 Å². The zero-order valence-electron chi connectivity index (χ0n) is 11.4. The number of para-hydroxylation sites is 1. The minimum atomic E-state index is -0.634. The molecule has 2 aromatic heterocycles. The van der Waals surface area contributed by atoms with Crippen LogP contribution in [0.3, 0.4) is 0 Å². The smallest absolute Gasteiger partial charge is 0.349 e. The van der Waals surface area contributed by atoms with Crippen LogP contribution in [0.4, 0.5) is 0 Å². The first-order chi connectivity index (χ1) is 10.1. The maximum Gasteiger partial charge on any atom is 0.349 e. The molecule has 0 bridgehead atoms. The molecule has 1 aromatic carbocycles. The van der Waals surface area contributed by atoms with Crippen LogP contribution in [-0.2, 0) is 6.54 Å². The van der Waals surface area contributed by atoms with Crippen molar-refractivity contribution in [3.8, 4) is 0 Å². The minimum Gasteiger partial charge on any atom is -0.467 e. The number of amides is 1. The van der Waals surface area contributed by atoms with Crippen molar-refractivity contribution in [2.24, 2.45) is 0 Å². The molecule has 0 saturated heterocycles. The third-order valence-electron chi connectivity index (χ3n) is 3.19. The molecule has 2 heterocycles. The van der Waals surface area contributed by atoms with Crippen molar-refractivity contribution in [3.63, 3.8) is 0 Å². The molecule has 0 radical (unpaired) electrons. The molecule has 3 aromatic rings. The molecule has 0 atom stereocenters. The van der Waals surface area contributed by atoms with Crippen LogP contribution in [0.25, 0.3) is 11.0 Å². The fraction of sp³-hybridized carbons (Fsp3) is 0.125. The van der Waals surface area contributed by atoms with E-state index < -0.39 is 11.5 Å². The summed E-state index contributed by atoms with van der Waals surface area (Å²) in [4.78, 5) is 25.7. The molecular formula is C16H13NO4. The van der Waals surface area contributed by atoms with Crippen LogP contribution in [0, 0.1) is 0 Å². The van der Waals surface area contributed by atoms with Gasteiger partial charge in [-0.3, -0.25) is 4.79 Å². The fourth-order valence-electron chi connectivity index (χ4n) is 2.12. The van der Waals surface area contributed by atoms with Gasteiger partial charge in [-0.05, 0) is 24.3 Å². The van der Waals surface area contributed by atoms with Crippen LogP contribution in [-0.4, -0.2) is 17.9 Å². The Balaban J connectivity index is 1.93. The van der Waals surface area contributed by atoms with Gasteiger partial charge < -0.3 is 13.7 Å². The number of furan rings is 1. The van der Waals surface area contributed by atoms with Gasteiger partial charge in [0.05, 0.1) is 12.8 Å². The minimum absolute atomic E-state index is 0.0164. The largest absolute Gasteiger partial charge is 0.467 e. The maximum atomic E-state index is 12.4. The molecular weight excluding hydrogens is 270 g/mol. The lowest BCUT2D eigenvalue weighted by atomic mass is 10.1. The highest BCUT2D eigenvalue weighted by molar-refractivity contribution is 5.96. The van der Waals surface area contributed by atoms with Gasteiger partial charge in [0.25, 0.3) is 5.91 Å². The summed E-state index contributed by atoms with van der Waals surface area (Å²) in [6.07, 6.45) is 1.54. The number of nitrogens with zero attached hydrogens (tertiary/aromatic N) is 1. The normalized spacial score (nSPS) is 10.7. The number of fused-ring (bicyclic) bond motifs is 1. The molecule has 5 nitrogen and oxygen atoms in total. The van der Waals surface area contributed by atoms with E-state index >= 15 is 0 Å². The molecule has 5 heteroatoms. The molecule has 0 aliphatic carbocycles. The molecule has 0 fully saturated rings. The van der Waals surface area contributed by atoms with Gasteiger partial charge in [0, 0.05) is 12.4 Å². The summed E-state index contributed by atoms with van der Waals surface area (Å²) >= 11 is 0. The summed E-state index contributed by atoms with van der Waals surface area (Å²) in [5.41, 5.74) is -0.152. The van der Waals surface area contributed by atoms with Crippen LogP contribution in [0.5, 0.6) is 0 Å². The maximum absolute atomic E-state index is 12.4. The van der Waals surface area contributed by atoms with Gasteiger partial charge in [0.2, 0.25) is 0 Å². The van der Waals surface area contributed by atoms with Gasteiger partial charge in [-0.15, -0.1) is 0 Å². The van der Waals surface area contributed by atoms with Crippen LogP contribution < -0.4 is 5.63 Å². The molecule has 1 amide bonds. The second kappa shape index (κ2) is 5.28. The summed E-state index contributed by atoms with van der Waals surface area (Å²) in [6.45, 7) is 0.290. The van der Waals surface area contributed by atoms with Crippen molar-refractivity contribution < 1.29 is 13.6 Å². The van der Waals surface area contributed by atoms with E-state index in [2.05, 4.69) is 0 Å². The molecule has 0 spiro atoms. The second-order valence-electron chi connectivity index (χ2n) is 4.73. The number of rotatable bonds is 3. The zero-order chi connectivity index (χ0) is 14.8. The second-order valence-corrected chi connectivity index (χ2v) is 4.73. The van der Waals surface area contributed by atoms with Gasteiger partial charge >= 0.3 is 5.63 Å². The van der Waals surface area contributed by atoms with E-state index in [1.54, 1.807) is 43.4 Å². The summed E-state index contributed by atoms with van der Waals surface area (Å²) < 4.78 is 10.4. The third kappa shape index (κ3) is 2.58. The van der Waals surface area contributed by atoms with Crippen molar-refractivity contribution in [1.82, 2.24) is 4.90 Å². The quantitative estimate of drug-likeness (QED) is 0.693. The lowest BCUT2D eigenvalue weighted by molar-refractivity contribution is 0.0771. The topological polar surface area (TPSA) is 63.7 Å². The highest BCUT2D eigenvalue weighted by atomic mass is 16.4. The monoisotopic (exact) mass is 283 g/mol. The van der Waals surface area contributed by atoms with E-state index in [-0.39, 0.29) is 12.1 Å². The number of carbonyl (C=O) groups excluding carboxylic acids is 1. The van der Waals surface area contributed by atoms with E-state index in [0.717, 1.165) is 0 Å². The Morgan fingerprint density at radius 2 is 2.00 bits per heavy atom. The Kier molecular flexibility index (Phi) is 3.31. The standard InChI is InChI=1S/C16H13NO4/c1-17(10-12-6-4-8-20-12)15(18)13-9-11-5-2-3-7-14(11)21-16(13)19/h2-9H,10H2,1H3. The third-order valence-corrected chi connectivity index (χ3v) is 3.19. The number of hydrogen-bond donors (Lipinski definition) is 0. The van der Waals surface area contributed by atoms with E-state index in [0.29, 0.717) is 16.7 Å². The van der Waals surface area contributed by atoms with Gasteiger partial charge in [0.1, 0.15) is 16.9 Å². The van der Waals surface area contributed by atoms with E-state index in [4.69, 9.17) is 8.83 Å². The molecule has 0 aliphatic heterocycles. The molecule has 21 heavy (non-hydrogen) atoms. The SMILES string of the molecule is CN(Cc1ccco1)C(=O)c1cc2ccccc2oc1=O. The van der Waals surface area contributed by atoms with Crippen LogP contribution >= 0.6 is 0 Å². The first-order valence-corrected chi connectivity index (χ1v) is 6.46. The lowest BCUT2D eigenvalue weighted by Crippen LogP contribution is -2.30. The molecule has 3 rings (SSSR count).